The number of hydrogen-bond donors (Lipinski definition) is 0. The lowest BCUT2D eigenvalue weighted by molar-refractivity contribution is -0.384. The van der Waals surface area contributed by atoms with E-state index in [0.29, 0.717) is 11.5 Å². The van der Waals surface area contributed by atoms with Gasteiger partial charge in [-0.1, -0.05) is 18.5 Å². The van der Waals surface area contributed by atoms with Crippen molar-refractivity contribution < 1.29 is 4.92 Å². The molecule has 0 N–H and O–H groups in total. The van der Waals surface area contributed by atoms with Crippen molar-refractivity contribution in [3.8, 4) is 11.5 Å². The van der Waals surface area contributed by atoms with E-state index in [4.69, 9.17) is 11.6 Å². The van der Waals surface area contributed by atoms with Crippen LogP contribution < -0.4 is 0 Å². The molecule has 94 valence electrons. The van der Waals surface area contributed by atoms with E-state index in [-0.39, 0.29) is 10.8 Å². The lowest BCUT2D eigenvalue weighted by Crippen LogP contribution is -2.00. The second-order valence-electron chi connectivity index (χ2n) is 3.73. The van der Waals surface area contributed by atoms with Crippen LogP contribution in [0, 0.1) is 10.1 Å². The van der Waals surface area contributed by atoms with E-state index in [9.17, 15) is 10.1 Å². The molecule has 0 saturated carbocycles. The summed E-state index contributed by atoms with van der Waals surface area (Å²) in [6.45, 7) is 2.81. The van der Waals surface area contributed by atoms with Crippen molar-refractivity contribution in [3.05, 3.63) is 39.8 Å². The van der Waals surface area contributed by atoms with Gasteiger partial charge in [-0.15, -0.1) is 0 Å². The van der Waals surface area contributed by atoms with Crippen LogP contribution in [0.2, 0.25) is 5.15 Å². The van der Waals surface area contributed by atoms with E-state index in [2.05, 4.69) is 9.97 Å². The van der Waals surface area contributed by atoms with Crippen LogP contribution in [0.15, 0.2) is 24.5 Å². The highest BCUT2D eigenvalue weighted by Crippen LogP contribution is 2.24. The first-order chi connectivity index (χ1) is 8.61. The van der Waals surface area contributed by atoms with Gasteiger partial charge in [0.1, 0.15) is 10.8 Å². The predicted molar refractivity (Wildman–Crippen MR) is 67.4 cm³/mol. The largest absolute Gasteiger partial charge is 0.330 e. The lowest BCUT2D eigenvalue weighted by Gasteiger charge is -2.05. The van der Waals surface area contributed by atoms with Crippen LogP contribution in [-0.4, -0.2) is 19.5 Å². The maximum Gasteiger partial charge on any atom is 0.274 e. The molecule has 0 aliphatic heterocycles. The molecule has 2 heterocycles. The first kappa shape index (κ1) is 12.5. The van der Waals surface area contributed by atoms with Gasteiger partial charge in [-0.3, -0.25) is 10.1 Å². The SMILES string of the molecule is CCCn1ccnc1-c1cc([N+](=O)[O-])cc(Cl)n1. The summed E-state index contributed by atoms with van der Waals surface area (Å²) in [6, 6.07) is 2.60. The first-order valence-corrected chi connectivity index (χ1v) is 5.83. The molecule has 7 heteroatoms. The van der Waals surface area contributed by atoms with Gasteiger partial charge in [0, 0.05) is 25.0 Å². The van der Waals surface area contributed by atoms with Crippen LogP contribution in [0.25, 0.3) is 11.5 Å². The third-order valence-electron chi connectivity index (χ3n) is 2.40. The molecular weight excluding hydrogens is 256 g/mol. The van der Waals surface area contributed by atoms with Gasteiger partial charge >= 0.3 is 0 Å². The van der Waals surface area contributed by atoms with Gasteiger partial charge in [-0.05, 0) is 6.42 Å². The monoisotopic (exact) mass is 266 g/mol. The minimum absolute atomic E-state index is 0.0870. The minimum Gasteiger partial charge on any atom is -0.330 e. The predicted octanol–water partition coefficient (Wildman–Crippen LogP) is 2.92. The van der Waals surface area contributed by atoms with Gasteiger partial charge in [0.2, 0.25) is 0 Å². The summed E-state index contributed by atoms with van der Waals surface area (Å²) in [7, 11) is 0. The average molecular weight is 267 g/mol. The van der Waals surface area contributed by atoms with Crippen LogP contribution in [0.1, 0.15) is 13.3 Å². The number of aryl methyl sites for hydroxylation is 1. The van der Waals surface area contributed by atoms with Crippen LogP contribution in [0.3, 0.4) is 0 Å². The molecule has 0 bridgehead atoms. The molecule has 0 aliphatic rings. The van der Waals surface area contributed by atoms with Gasteiger partial charge in [0.25, 0.3) is 5.69 Å². The third-order valence-corrected chi connectivity index (χ3v) is 2.59. The average Bonchev–Trinajstić information content (AvgIpc) is 2.77. The zero-order chi connectivity index (χ0) is 13.1. The Labute approximate surface area is 108 Å². The molecule has 0 fully saturated rings. The Kier molecular flexibility index (Phi) is 3.57. The van der Waals surface area contributed by atoms with E-state index >= 15 is 0 Å². The Balaban J connectivity index is 2.49. The minimum atomic E-state index is -0.496. The van der Waals surface area contributed by atoms with E-state index in [0.717, 1.165) is 13.0 Å². The summed E-state index contributed by atoms with van der Waals surface area (Å²) in [6.07, 6.45) is 4.39. The first-order valence-electron chi connectivity index (χ1n) is 5.45. The van der Waals surface area contributed by atoms with Gasteiger partial charge in [0.15, 0.2) is 5.82 Å². The Morgan fingerprint density at radius 3 is 2.94 bits per heavy atom. The maximum atomic E-state index is 10.8. The molecule has 0 aromatic carbocycles. The standard InChI is InChI=1S/C11H11ClN4O2/c1-2-4-15-5-3-13-11(15)9-6-8(16(17)18)7-10(12)14-9/h3,5-7H,2,4H2,1H3. The van der Waals surface area contributed by atoms with Crippen molar-refractivity contribution in [1.29, 1.82) is 0 Å². The zero-order valence-corrected chi connectivity index (χ0v) is 10.5. The number of imidazole rings is 1. The van der Waals surface area contributed by atoms with Crippen molar-refractivity contribution in [2.45, 2.75) is 19.9 Å². The van der Waals surface area contributed by atoms with Crippen molar-refractivity contribution >= 4 is 17.3 Å². The highest BCUT2D eigenvalue weighted by atomic mass is 35.5. The molecule has 2 rings (SSSR count). The van der Waals surface area contributed by atoms with Gasteiger partial charge < -0.3 is 4.57 Å². The summed E-state index contributed by atoms with van der Waals surface area (Å²) >= 11 is 5.79. The fourth-order valence-corrected chi connectivity index (χ4v) is 1.87. The normalized spacial score (nSPS) is 10.6. The lowest BCUT2D eigenvalue weighted by atomic mass is 10.3. The molecule has 0 aliphatic carbocycles. The van der Waals surface area contributed by atoms with Crippen LogP contribution >= 0.6 is 11.6 Å². The van der Waals surface area contributed by atoms with E-state index in [1.807, 2.05) is 17.7 Å². The molecule has 0 radical (unpaired) electrons. The Hall–Kier alpha value is -1.95. The van der Waals surface area contributed by atoms with Crippen LogP contribution in [0.4, 0.5) is 5.69 Å². The molecule has 18 heavy (non-hydrogen) atoms. The molecule has 6 nitrogen and oxygen atoms in total. The fraction of sp³-hybridized carbons (Fsp3) is 0.273. The number of hydrogen-bond acceptors (Lipinski definition) is 4. The second kappa shape index (κ2) is 5.14. The highest BCUT2D eigenvalue weighted by molar-refractivity contribution is 6.29. The van der Waals surface area contributed by atoms with E-state index < -0.39 is 4.92 Å². The van der Waals surface area contributed by atoms with E-state index in [1.54, 1.807) is 6.20 Å². The summed E-state index contributed by atoms with van der Waals surface area (Å²) < 4.78 is 1.89. The van der Waals surface area contributed by atoms with Crippen LogP contribution in [-0.2, 0) is 6.54 Å². The Bertz CT molecular complexity index is 582. The fourth-order valence-electron chi connectivity index (χ4n) is 1.67. The second-order valence-corrected chi connectivity index (χ2v) is 4.12. The number of halogens is 1. The van der Waals surface area contributed by atoms with E-state index in [1.165, 1.54) is 12.1 Å². The quantitative estimate of drug-likeness (QED) is 0.484. The number of aromatic nitrogens is 3. The van der Waals surface area contributed by atoms with Gasteiger partial charge in [-0.25, -0.2) is 9.97 Å². The molecule has 0 atom stereocenters. The van der Waals surface area contributed by atoms with Crippen molar-refractivity contribution in [3.63, 3.8) is 0 Å². The molecule has 0 spiro atoms. The van der Waals surface area contributed by atoms with Gasteiger partial charge in [-0.2, -0.15) is 0 Å². The Morgan fingerprint density at radius 2 is 2.28 bits per heavy atom. The zero-order valence-electron chi connectivity index (χ0n) is 9.71. The number of nitro groups is 1. The molecule has 2 aromatic heterocycles. The number of pyridine rings is 1. The van der Waals surface area contributed by atoms with Gasteiger partial charge in [0.05, 0.1) is 11.0 Å². The summed E-state index contributed by atoms with van der Waals surface area (Å²) in [5.41, 5.74) is 0.323. The maximum absolute atomic E-state index is 10.8. The Morgan fingerprint density at radius 1 is 1.50 bits per heavy atom. The molecule has 0 unspecified atom stereocenters. The van der Waals surface area contributed by atoms with Crippen molar-refractivity contribution in [1.82, 2.24) is 14.5 Å². The molecule has 0 saturated heterocycles. The number of nitrogens with zero attached hydrogens (tertiary/aromatic N) is 4. The van der Waals surface area contributed by atoms with Crippen molar-refractivity contribution in [2.75, 3.05) is 0 Å². The molecule has 2 aromatic rings. The summed E-state index contributed by atoms with van der Waals surface area (Å²) in [5.74, 6) is 0.586. The van der Waals surface area contributed by atoms with Crippen molar-refractivity contribution in [2.24, 2.45) is 0 Å². The smallest absolute Gasteiger partial charge is 0.274 e. The molecule has 0 amide bonds. The highest BCUT2D eigenvalue weighted by Gasteiger charge is 2.14. The number of rotatable bonds is 4. The summed E-state index contributed by atoms with van der Waals surface area (Å²) in [5, 5.41) is 10.9. The topological polar surface area (TPSA) is 73.8 Å². The van der Waals surface area contributed by atoms with Crippen LogP contribution in [0.5, 0.6) is 0 Å². The summed E-state index contributed by atoms with van der Waals surface area (Å²) in [4.78, 5) is 18.5. The molecular formula is C11H11ClN4O2. The third kappa shape index (κ3) is 2.48.